The number of hydrogen-bond donors (Lipinski definition) is 0. The maximum Gasteiger partial charge on any atom is 0.330 e. The summed E-state index contributed by atoms with van der Waals surface area (Å²) in [5.74, 6) is 0.994. The third kappa shape index (κ3) is 3.12. The lowest BCUT2D eigenvalue weighted by Crippen LogP contribution is -2.00. The predicted molar refractivity (Wildman–Crippen MR) is 64.4 cm³/mol. The summed E-state index contributed by atoms with van der Waals surface area (Å²) in [5.41, 5.74) is 1.98. The number of hydrogen-bond acceptors (Lipinski definition) is 4. The standard InChI is InChI=1S/C13H16N2O2/c1-3-17-12(16)7-6-11-8-14-9(2)15-13(11)10-4-5-10/h6-8,10H,3-5H2,1-2H3/b7-6+. The van der Waals surface area contributed by atoms with E-state index in [0.29, 0.717) is 12.5 Å². The zero-order chi connectivity index (χ0) is 12.3. The Morgan fingerprint density at radius 1 is 1.59 bits per heavy atom. The molecule has 0 aromatic carbocycles. The maximum atomic E-state index is 11.2. The number of esters is 1. The fourth-order valence-corrected chi connectivity index (χ4v) is 1.66. The molecular formula is C13H16N2O2. The molecule has 0 atom stereocenters. The Bertz CT molecular complexity index is 451. The second-order valence-corrected chi connectivity index (χ2v) is 4.12. The van der Waals surface area contributed by atoms with Gasteiger partial charge in [0.2, 0.25) is 0 Å². The van der Waals surface area contributed by atoms with Gasteiger partial charge in [-0.15, -0.1) is 0 Å². The van der Waals surface area contributed by atoms with Crippen LogP contribution >= 0.6 is 0 Å². The molecule has 1 aliphatic rings. The molecule has 1 fully saturated rings. The fraction of sp³-hybridized carbons (Fsp3) is 0.462. The van der Waals surface area contributed by atoms with Crippen LogP contribution < -0.4 is 0 Å². The molecule has 0 spiro atoms. The molecule has 90 valence electrons. The van der Waals surface area contributed by atoms with E-state index in [9.17, 15) is 4.79 Å². The first-order valence-corrected chi connectivity index (χ1v) is 5.89. The van der Waals surface area contributed by atoms with Crippen molar-refractivity contribution < 1.29 is 9.53 Å². The quantitative estimate of drug-likeness (QED) is 0.590. The Labute approximate surface area is 101 Å². The Hall–Kier alpha value is -1.71. The van der Waals surface area contributed by atoms with Gasteiger partial charge in [0.05, 0.1) is 12.3 Å². The number of nitrogens with zero attached hydrogens (tertiary/aromatic N) is 2. The number of rotatable bonds is 4. The molecule has 1 saturated carbocycles. The highest BCUT2D eigenvalue weighted by atomic mass is 16.5. The molecule has 0 N–H and O–H groups in total. The Morgan fingerprint density at radius 2 is 2.35 bits per heavy atom. The van der Waals surface area contributed by atoms with Gasteiger partial charge in [0.1, 0.15) is 5.82 Å². The van der Waals surface area contributed by atoms with Crippen molar-refractivity contribution in [1.82, 2.24) is 9.97 Å². The highest BCUT2D eigenvalue weighted by Gasteiger charge is 2.27. The van der Waals surface area contributed by atoms with Gasteiger partial charge in [0.15, 0.2) is 0 Å². The zero-order valence-corrected chi connectivity index (χ0v) is 10.1. The van der Waals surface area contributed by atoms with Gasteiger partial charge >= 0.3 is 5.97 Å². The topological polar surface area (TPSA) is 52.1 Å². The molecule has 17 heavy (non-hydrogen) atoms. The van der Waals surface area contributed by atoms with E-state index in [-0.39, 0.29) is 5.97 Å². The number of aromatic nitrogens is 2. The van der Waals surface area contributed by atoms with E-state index in [1.165, 1.54) is 18.9 Å². The van der Waals surface area contributed by atoms with E-state index in [2.05, 4.69) is 9.97 Å². The minimum Gasteiger partial charge on any atom is -0.463 e. The highest BCUT2D eigenvalue weighted by molar-refractivity contribution is 5.87. The molecule has 0 unspecified atom stereocenters. The third-order valence-corrected chi connectivity index (χ3v) is 2.62. The second-order valence-electron chi connectivity index (χ2n) is 4.12. The minimum atomic E-state index is -0.324. The van der Waals surface area contributed by atoms with Crippen LogP contribution in [0, 0.1) is 6.92 Å². The zero-order valence-electron chi connectivity index (χ0n) is 10.1. The average Bonchev–Trinajstić information content (AvgIpc) is 3.11. The van der Waals surface area contributed by atoms with Crippen molar-refractivity contribution in [3.63, 3.8) is 0 Å². The monoisotopic (exact) mass is 232 g/mol. The molecule has 0 radical (unpaired) electrons. The van der Waals surface area contributed by atoms with Crippen LogP contribution in [0.25, 0.3) is 6.08 Å². The Morgan fingerprint density at radius 3 is 3.00 bits per heavy atom. The van der Waals surface area contributed by atoms with Gasteiger partial charge in [0.25, 0.3) is 0 Å². The van der Waals surface area contributed by atoms with Crippen molar-refractivity contribution in [1.29, 1.82) is 0 Å². The van der Waals surface area contributed by atoms with Crippen LogP contribution in [0.15, 0.2) is 12.3 Å². The molecule has 0 bridgehead atoms. The SMILES string of the molecule is CCOC(=O)/C=C/c1cnc(C)nc1C1CC1. The van der Waals surface area contributed by atoms with Crippen molar-refractivity contribution in [3.05, 3.63) is 29.4 Å². The first-order valence-electron chi connectivity index (χ1n) is 5.89. The minimum absolute atomic E-state index is 0.324. The van der Waals surface area contributed by atoms with Crippen LogP contribution in [0.2, 0.25) is 0 Å². The molecular weight excluding hydrogens is 216 g/mol. The molecule has 4 nitrogen and oxygen atoms in total. The summed E-state index contributed by atoms with van der Waals surface area (Å²) in [6.07, 6.45) is 7.30. The molecule has 0 saturated heterocycles. The van der Waals surface area contributed by atoms with Gasteiger partial charge < -0.3 is 4.74 Å². The van der Waals surface area contributed by atoms with E-state index in [1.54, 1.807) is 19.2 Å². The van der Waals surface area contributed by atoms with Gasteiger partial charge in [0, 0.05) is 23.8 Å². The van der Waals surface area contributed by atoms with Crippen molar-refractivity contribution in [2.45, 2.75) is 32.6 Å². The van der Waals surface area contributed by atoms with Crippen LogP contribution in [-0.4, -0.2) is 22.5 Å². The summed E-state index contributed by atoms with van der Waals surface area (Å²) in [5, 5.41) is 0. The van der Waals surface area contributed by atoms with Crippen molar-refractivity contribution in [3.8, 4) is 0 Å². The largest absolute Gasteiger partial charge is 0.463 e. The number of carbonyl (C=O) groups excluding carboxylic acids is 1. The lowest BCUT2D eigenvalue weighted by molar-refractivity contribution is -0.137. The normalized spacial score (nSPS) is 15.2. The molecule has 0 amide bonds. The Balaban J connectivity index is 2.17. The van der Waals surface area contributed by atoms with Crippen LogP contribution in [0.4, 0.5) is 0 Å². The van der Waals surface area contributed by atoms with E-state index in [4.69, 9.17) is 4.74 Å². The van der Waals surface area contributed by atoms with E-state index in [0.717, 1.165) is 17.1 Å². The second kappa shape index (κ2) is 5.08. The number of ether oxygens (including phenoxy) is 1. The van der Waals surface area contributed by atoms with Crippen LogP contribution in [0.5, 0.6) is 0 Å². The van der Waals surface area contributed by atoms with Crippen LogP contribution in [-0.2, 0) is 9.53 Å². The lowest BCUT2D eigenvalue weighted by atomic mass is 10.1. The van der Waals surface area contributed by atoms with Crippen molar-refractivity contribution in [2.75, 3.05) is 6.61 Å². The first kappa shape index (κ1) is 11.8. The van der Waals surface area contributed by atoms with E-state index in [1.807, 2.05) is 6.92 Å². The maximum absolute atomic E-state index is 11.2. The van der Waals surface area contributed by atoms with E-state index >= 15 is 0 Å². The van der Waals surface area contributed by atoms with E-state index < -0.39 is 0 Å². The Kier molecular flexibility index (Phi) is 3.52. The first-order chi connectivity index (χ1) is 8.20. The molecule has 4 heteroatoms. The lowest BCUT2D eigenvalue weighted by Gasteiger charge is -2.03. The smallest absolute Gasteiger partial charge is 0.330 e. The van der Waals surface area contributed by atoms with Crippen LogP contribution in [0.1, 0.15) is 42.8 Å². The summed E-state index contributed by atoms with van der Waals surface area (Å²) in [6.45, 7) is 4.06. The van der Waals surface area contributed by atoms with Gasteiger partial charge in [-0.25, -0.2) is 14.8 Å². The molecule has 2 rings (SSSR count). The summed E-state index contributed by atoms with van der Waals surface area (Å²) < 4.78 is 4.84. The molecule has 1 heterocycles. The molecule has 1 aromatic rings. The summed E-state index contributed by atoms with van der Waals surface area (Å²) in [7, 11) is 0. The van der Waals surface area contributed by atoms with Gasteiger partial charge in [-0.05, 0) is 32.8 Å². The fourth-order valence-electron chi connectivity index (χ4n) is 1.66. The van der Waals surface area contributed by atoms with Gasteiger partial charge in [-0.2, -0.15) is 0 Å². The van der Waals surface area contributed by atoms with Gasteiger partial charge in [-0.1, -0.05) is 0 Å². The molecule has 0 aliphatic heterocycles. The van der Waals surface area contributed by atoms with Crippen molar-refractivity contribution >= 4 is 12.0 Å². The van der Waals surface area contributed by atoms with Crippen LogP contribution in [0.3, 0.4) is 0 Å². The van der Waals surface area contributed by atoms with Gasteiger partial charge in [-0.3, -0.25) is 0 Å². The average molecular weight is 232 g/mol. The third-order valence-electron chi connectivity index (χ3n) is 2.62. The molecule has 1 aliphatic carbocycles. The predicted octanol–water partition coefficient (Wildman–Crippen LogP) is 2.24. The number of aryl methyl sites for hydroxylation is 1. The summed E-state index contributed by atoms with van der Waals surface area (Å²) >= 11 is 0. The highest BCUT2D eigenvalue weighted by Crippen LogP contribution is 2.40. The number of carbonyl (C=O) groups is 1. The summed E-state index contributed by atoms with van der Waals surface area (Å²) in [4.78, 5) is 19.8. The van der Waals surface area contributed by atoms with Crippen molar-refractivity contribution in [2.24, 2.45) is 0 Å². The molecule has 1 aromatic heterocycles. The summed E-state index contributed by atoms with van der Waals surface area (Å²) in [6, 6.07) is 0.